The Morgan fingerprint density at radius 2 is 2.31 bits per heavy atom. The number of ketones is 1. The number of carbonyl (C=O) groups excluding carboxylic acids is 1. The Kier molecular flexibility index (Phi) is 3.04. The van der Waals surface area contributed by atoms with Gasteiger partial charge in [-0.05, 0) is 24.6 Å². The van der Waals surface area contributed by atoms with Crippen LogP contribution in [0.3, 0.4) is 0 Å². The molecule has 0 aliphatic carbocycles. The van der Waals surface area contributed by atoms with E-state index in [-0.39, 0.29) is 5.92 Å². The molecule has 0 saturated heterocycles. The second kappa shape index (κ2) is 4.47. The zero-order valence-electron chi connectivity index (χ0n) is 9.66. The van der Waals surface area contributed by atoms with Crippen LogP contribution in [0, 0.1) is 5.92 Å². The van der Waals surface area contributed by atoms with Crippen LogP contribution < -0.4 is 0 Å². The van der Waals surface area contributed by atoms with Crippen LogP contribution in [-0.4, -0.2) is 15.8 Å². The van der Waals surface area contributed by atoms with Crippen molar-refractivity contribution < 1.29 is 4.79 Å². The molecule has 0 aliphatic heterocycles. The zero-order valence-corrected chi connectivity index (χ0v) is 9.66. The standard InChI is InChI=1S/C13H16N2O/c1-9(2)12(16)6-5-11-8-10-4-3-7-14-13(10)15-11/h3-4,7-9H,5-6H2,1-2H3,(H,14,15). The average Bonchev–Trinajstić information content (AvgIpc) is 2.68. The molecule has 0 unspecified atom stereocenters. The Hall–Kier alpha value is -1.64. The van der Waals surface area contributed by atoms with E-state index in [0.717, 1.165) is 23.1 Å². The monoisotopic (exact) mass is 216 g/mol. The highest BCUT2D eigenvalue weighted by molar-refractivity contribution is 5.81. The number of hydrogen-bond donors (Lipinski definition) is 1. The van der Waals surface area contributed by atoms with Crippen LogP contribution in [0.4, 0.5) is 0 Å². The van der Waals surface area contributed by atoms with E-state index in [4.69, 9.17) is 0 Å². The third-order valence-corrected chi connectivity index (χ3v) is 2.73. The van der Waals surface area contributed by atoms with Crippen molar-refractivity contribution in [3.8, 4) is 0 Å². The van der Waals surface area contributed by atoms with Gasteiger partial charge in [0.1, 0.15) is 11.4 Å². The summed E-state index contributed by atoms with van der Waals surface area (Å²) in [5.74, 6) is 0.439. The number of rotatable bonds is 4. The number of aryl methyl sites for hydroxylation is 1. The Balaban J connectivity index is 2.07. The first-order valence-electron chi connectivity index (χ1n) is 5.62. The van der Waals surface area contributed by atoms with E-state index >= 15 is 0 Å². The van der Waals surface area contributed by atoms with E-state index in [1.807, 2.05) is 26.0 Å². The van der Waals surface area contributed by atoms with E-state index in [1.54, 1.807) is 6.20 Å². The fraction of sp³-hybridized carbons (Fsp3) is 0.385. The summed E-state index contributed by atoms with van der Waals surface area (Å²) >= 11 is 0. The van der Waals surface area contributed by atoms with E-state index in [2.05, 4.69) is 16.0 Å². The first-order valence-corrected chi connectivity index (χ1v) is 5.62. The van der Waals surface area contributed by atoms with Crippen LogP contribution in [0.5, 0.6) is 0 Å². The van der Waals surface area contributed by atoms with Crippen LogP contribution in [0.1, 0.15) is 26.0 Å². The molecule has 2 rings (SSSR count). The Morgan fingerprint density at radius 3 is 3.00 bits per heavy atom. The van der Waals surface area contributed by atoms with E-state index in [0.29, 0.717) is 12.2 Å². The molecule has 3 heteroatoms. The number of carbonyl (C=O) groups is 1. The van der Waals surface area contributed by atoms with Crippen LogP contribution >= 0.6 is 0 Å². The minimum atomic E-state index is 0.127. The summed E-state index contributed by atoms with van der Waals surface area (Å²) in [7, 11) is 0. The summed E-state index contributed by atoms with van der Waals surface area (Å²) in [5, 5.41) is 1.11. The maximum absolute atomic E-state index is 11.5. The van der Waals surface area contributed by atoms with Crippen LogP contribution in [0.15, 0.2) is 24.4 Å². The molecule has 0 radical (unpaired) electrons. The number of aromatic amines is 1. The lowest BCUT2D eigenvalue weighted by Gasteiger charge is -2.01. The van der Waals surface area contributed by atoms with E-state index in [9.17, 15) is 4.79 Å². The first kappa shape index (κ1) is 10.9. The topological polar surface area (TPSA) is 45.8 Å². The molecule has 0 amide bonds. The molecular formula is C13H16N2O. The fourth-order valence-electron chi connectivity index (χ4n) is 1.70. The van der Waals surface area contributed by atoms with Crippen molar-refractivity contribution in [3.63, 3.8) is 0 Å². The summed E-state index contributed by atoms with van der Waals surface area (Å²) < 4.78 is 0. The highest BCUT2D eigenvalue weighted by Gasteiger charge is 2.08. The lowest BCUT2D eigenvalue weighted by atomic mass is 10.0. The van der Waals surface area contributed by atoms with Crippen molar-refractivity contribution in [3.05, 3.63) is 30.1 Å². The minimum absolute atomic E-state index is 0.127. The lowest BCUT2D eigenvalue weighted by molar-refractivity contribution is -0.121. The van der Waals surface area contributed by atoms with Crippen LogP contribution in [0.2, 0.25) is 0 Å². The highest BCUT2D eigenvalue weighted by atomic mass is 16.1. The van der Waals surface area contributed by atoms with Gasteiger partial charge in [0.25, 0.3) is 0 Å². The summed E-state index contributed by atoms with van der Waals surface area (Å²) in [6.45, 7) is 3.88. The molecule has 1 N–H and O–H groups in total. The quantitative estimate of drug-likeness (QED) is 0.854. The van der Waals surface area contributed by atoms with Gasteiger partial charge in [-0.15, -0.1) is 0 Å². The molecular weight excluding hydrogens is 200 g/mol. The van der Waals surface area contributed by atoms with Crippen molar-refractivity contribution in [1.29, 1.82) is 0 Å². The number of fused-ring (bicyclic) bond motifs is 1. The van der Waals surface area contributed by atoms with Crippen molar-refractivity contribution in [1.82, 2.24) is 9.97 Å². The Morgan fingerprint density at radius 1 is 1.50 bits per heavy atom. The number of nitrogens with one attached hydrogen (secondary N) is 1. The summed E-state index contributed by atoms with van der Waals surface area (Å²) in [5.41, 5.74) is 1.98. The van der Waals surface area contributed by atoms with Gasteiger partial charge in [-0.1, -0.05) is 13.8 Å². The molecule has 0 fully saturated rings. The van der Waals surface area contributed by atoms with Crippen molar-refractivity contribution in [2.75, 3.05) is 0 Å². The van der Waals surface area contributed by atoms with Crippen molar-refractivity contribution in [2.24, 2.45) is 5.92 Å². The summed E-state index contributed by atoms with van der Waals surface area (Å²) in [4.78, 5) is 19.0. The number of Topliss-reactive ketones (excluding diaryl/α,β-unsaturated/α-hetero) is 1. The third kappa shape index (κ3) is 2.30. The molecule has 0 spiro atoms. The van der Waals surface area contributed by atoms with Gasteiger partial charge in [0.05, 0.1) is 0 Å². The number of nitrogens with zero attached hydrogens (tertiary/aromatic N) is 1. The fourth-order valence-corrected chi connectivity index (χ4v) is 1.70. The maximum atomic E-state index is 11.5. The molecule has 0 aromatic carbocycles. The van der Waals surface area contributed by atoms with Gasteiger partial charge in [-0.3, -0.25) is 4.79 Å². The molecule has 3 nitrogen and oxygen atoms in total. The molecule has 0 aliphatic rings. The Bertz CT molecular complexity index is 466. The first-order chi connectivity index (χ1) is 7.66. The second-order valence-electron chi connectivity index (χ2n) is 4.36. The number of aromatic nitrogens is 2. The normalized spacial score (nSPS) is 11.2. The lowest BCUT2D eigenvalue weighted by Crippen LogP contribution is -2.07. The Labute approximate surface area is 94.9 Å². The predicted molar refractivity (Wildman–Crippen MR) is 64.3 cm³/mol. The van der Waals surface area contributed by atoms with Gasteiger partial charge >= 0.3 is 0 Å². The second-order valence-corrected chi connectivity index (χ2v) is 4.36. The molecule has 2 aromatic heterocycles. The van der Waals surface area contributed by atoms with Crippen molar-refractivity contribution in [2.45, 2.75) is 26.7 Å². The highest BCUT2D eigenvalue weighted by Crippen LogP contribution is 2.14. The van der Waals surface area contributed by atoms with Gasteiger partial charge in [0, 0.05) is 29.6 Å². The molecule has 84 valence electrons. The molecule has 16 heavy (non-hydrogen) atoms. The third-order valence-electron chi connectivity index (χ3n) is 2.73. The van der Waals surface area contributed by atoms with Gasteiger partial charge in [0.2, 0.25) is 0 Å². The smallest absolute Gasteiger partial charge is 0.137 e. The minimum Gasteiger partial charge on any atom is -0.343 e. The summed E-state index contributed by atoms with van der Waals surface area (Å²) in [6.07, 6.45) is 3.14. The molecule has 2 heterocycles. The molecule has 0 saturated carbocycles. The summed E-state index contributed by atoms with van der Waals surface area (Å²) in [6, 6.07) is 6.00. The van der Waals surface area contributed by atoms with Gasteiger partial charge in [-0.2, -0.15) is 0 Å². The number of pyridine rings is 1. The molecule has 0 atom stereocenters. The van der Waals surface area contributed by atoms with Gasteiger partial charge in [-0.25, -0.2) is 4.98 Å². The zero-order chi connectivity index (χ0) is 11.5. The SMILES string of the molecule is CC(C)C(=O)CCc1cc2cccnc2[nH]1. The van der Waals surface area contributed by atoms with Gasteiger partial charge in [0.15, 0.2) is 0 Å². The van der Waals surface area contributed by atoms with E-state index < -0.39 is 0 Å². The van der Waals surface area contributed by atoms with Crippen LogP contribution in [0.25, 0.3) is 11.0 Å². The molecule has 0 bridgehead atoms. The van der Waals surface area contributed by atoms with Gasteiger partial charge < -0.3 is 4.98 Å². The average molecular weight is 216 g/mol. The number of H-pyrrole nitrogens is 1. The van der Waals surface area contributed by atoms with Crippen LogP contribution in [-0.2, 0) is 11.2 Å². The predicted octanol–water partition coefficient (Wildman–Crippen LogP) is 2.72. The maximum Gasteiger partial charge on any atom is 0.137 e. The largest absolute Gasteiger partial charge is 0.343 e. The van der Waals surface area contributed by atoms with Crippen molar-refractivity contribution >= 4 is 16.8 Å². The number of hydrogen-bond acceptors (Lipinski definition) is 2. The molecule has 2 aromatic rings. The van der Waals surface area contributed by atoms with E-state index in [1.165, 1.54) is 0 Å².